The molecule has 2 aromatic rings. The highest BCUT2D eigenvalue weighted by Crippen LogP contribution is 2.31. The number of carbonyl (C=O) groups excluding carboxylic acids is 1. The van der Waals surface area contributed by atoms with Crippen molar-refractivity contribution in [3.05, 3.63) is 36.2 Å². The summed E-state index contributed by atoms with van der Waals surface area (Å²) in [5.41, 5.74) is 0. The predicted molar refractivity (Wildman–Crippen MR) is 135 cm³/mol. The van der Waals surface area contributed by atoms with E-state index < -0.39 is 10.0 Å². The first-order valence-corrected chi connectivity index (χ1v) is 14.8. The number of aromatic nitrogens is 3. The summed E-state index contributed by atoms with van der Waals surface area (Å²) in [6, 6.07) is 8.83. The van der Waals surface area contributed by atoms with Gasteiger partial charge in [0.15, 0.2) is 5.16 Å². The fourth-order valence-electron chi connectivity index (χ4n) is 4.86. The lowest BCUT2D eigenvalue weighted by Gasteiger charge is -2.31. The van der Waals surface area contributed by atoms with Crippen molar-refractivity contribution >= 4 is 27.7 Å². The van der Waals surface area contributed by atoms with Crippen LogP contribution in [0.3, 0.4) is 0 Å². The molecule has 0 radical (unpaired) electrons. The second kappa shape index (κ2) is 12.3. The van der Waals surface area contributed by atoms with Crippen molar-refractivity contribution in [3.63, 3.8) is 0 Å². The minimum atomic E-state index is -3.57. The summed E-state index contributed by atoms with van der Waals surface area (Å²) in [5.74, 6) is 0.977. The molecular weight excluding hydrogens is 486 g/mol. The predicted octanol–water partition coefficient (Wildman–Crippen LogP) is 3.03. The Morgan fingerprint density at radius 1 is 1.11 bits per heavy atom. The van der Waals surface area contributed by atoms with Gasteiger partial charge in [0.1, 0.15) is 5.82 Å². The molecule has 35 heavy (non-hydrogen) atoms. The molecule has 1 aromatic heterocycles. The molecular formula is C24H35N5O4S2. The van der Waals surface area contributed by atoms with Crippen molar-refractivity contribution in [2.75, 3.05) is 32.6 Å². The Hall–Kier alpha value is -1.95. The average Bonchev–Trinajstić information content (AvgIpc) is 3.30. The van der Waals surface area contributed by atoms with Crippen LogP contribution in [-0.4, -0.2) is 72.0 Å². The van der Waals surface area contributed by atoms with E-state index in [0.717, 1.165) is 31.5 Å². The molecule has 0 spiro atoms. The molecule has 2 fully saturated rings. The highest BCUT2D eigenvalue weighted by molar-refractivity contribution is 7.99. The zero-order valence-corrected chi connectivity index (χ0v) is 21.9. The molecule has 1 aliphatic carbocycles. The Morgan fingerprint density at radius 3 is 2.63 bits per heavy atom. The lowest BCUT2D eigenvalue weighted by atomic mass is 9.95. The maximum atomic E-state index is 13.2. The Morgan fingerprint density at radius 2 is 1.89 bits per heavy atom. The molecule has 1 amide bonds. The van der Waals surface area contributed by atoms with Gasteiger partial charge in [-0.1, -0.05) is 49.2 Å². The van der Waals surface area contributed by atoms with Crippen LogP contribution in [-0.2, 0) is 26.1 Å². The summed E-state index contributed by atoms with van der Waals surface area (Å²) in [4.78, 5) is 12.8. The number of benzene rings is 1. The van der Waals surface area contributed by atoms with Crippen LogP contribution >= 0.6 is 11.8 Å². The van der Waals surface area contributed by atoms with Crippen molar-refractivity contribution in [2.24, 2.45) is 0 Å². The van der Waals surface area contributed by atoms with Crippen molar-refractivity contribution in [3.8, 4) is 0 Å². The number of rotatable bonds is 10. The van der Waals surface area contributed by atoms with Crippen LogP contribution in [0.1, 0.15) is 56.7 Å². The summed E-state index contributed by atoms with van der Waals surface area (Å²) in [6.07, 6.45) is 7.27. The van der Waals surface area contributed by atoms with Gasteiger partial charge in [-0.3, -0.25) is 4.79 Å². The van der Waals surface area contributed by atoms with Gasteiger partial charge in [0.2, 0.25) is 15.9 Å². The summed E-state index contributed by atoms with van der Waals surface area (Å²) in [6.45, 7) is 1.87. The Bertz CT molecular complexity index is 1070. The van der Waals surface area contributed by atoms with Crippen LogP contribution in [0.4, 0.5) is 0 Å². The molecule has 1 unspecified atom stereocenters. The Kier molecular flexibility index (Phi) is 9.21. The summed E-state index contributed by atoms with van der Waals surface area (Å²) >= 11 is 1.37. The van der Waals surface area contributed by atoms with E-state index in [-0.39, 0.29) is 23.6 Å². The molecule has 0 bridgehead atoms. The van der Waals surface area contributed by atoms with Crippen molar-refractivity contribution < 1.29 is 17.9 Å². The molecule has 1 N–H and O–H groups in total. The third-order valence-corrected chi connectivity index (χ3v) is 9.54. The van der Waals surface area contributed by atoms with Crippen LogP contribution < -0.4 is 5.32 Å². The molecule has 192 valence electrons. The molecule has 1 aliphatic heterocycles. The van der Waals surface area contributed by atoms with Gasteiger partial charge in [-0.25, -0.2) is 8.42 Å². The molecule has 9 nitrogen and oxygen atoms in total. The van der Waals surface area contributed by atoms with Crippen molar-refractivity contribution in [1.29, 1.82) is 0 Å². The van der Waals surface area contributed by atoms with Crippen LogP contribution in [0, 0.1) is 0 Å². The van der Waals surface area contributed by atoms with Gasteiger partial charge >= 0.3 is 0 Å². The van der Waals surface area contributed by atoms with Crippen molar-refractivity contribution in [2.45, 2.75) is 73.5 Å². The van der Waals surface area contributed by atoms with Crippen LogP contribution in [0.25, 0.3) is 0 Å². The molecule has 1 saturated heterocycles. The van der Waals surface area contributed by atoms with Crippen LogP contribution in [0.15, 0.2) is 40.4 Å². The topological polar surface area (TPSA) is 106 Å². The van der Waals surface area contributed by atoms with E-state index in [4.69, 9.17) is 4.74 Å². The maximum Gasteiger partial charge on any atom is 0.243 e. The maximum absolute atomic E-state index is 13.2. The average molecular weight is 522 g/mol. The van der Waals surface area contributed by atoms with Gasteiger partial charge in [0, 0.05) is 38.7 Å². The first-order valence-electron chi connectivity index (χ1n) is 12.4. The lowest BCUT2D eigenvalue weighted by Crippen LogP contribution is -2.39. The van der Waals surface area contributed by atoms with E-state index in [2.05, 4.69) is 15.5 Å². The Labute approximate surface area is 212 Å². The third-order valence-electron chi connectivity index (χ3n) is 6.70. The van der Waals surface area contributed by atoms with E-state index in [0.29, 0.717) is 36.3 Å². The molecule has 1 atom stereocenters. The quantitative estimate of drug-likeness (QED) is 0.479. The van der Waals surface area contributed by atoms with E-state index >= 15 is 0 Å². The van der Waals surface area contributed by atoms with Crippen LogP contribution in [0.5, 0.6) is 0 Å². The highest BCUT2D eigenvalue weighted by Gasteiger charge is 2.33. The smallest absolute Gasteiger partial charge is 0.243 e. The third kappa shape index (κ3) is 6.63. The summed E-state index contributed by atoms with van der Waals surface area (Å²) in [7, 11) is -1.93. The molecule has 2 heterocycles. The standard InChI is InChI=1S/C24H35N5O4S2/c1-33-16-15-29-23(26-27-24(29)34-18-22(30)25-20-10-4-2-5-11-20)19-9-8-14-28(17-19)35(31,32)21-12-6-3-7-13-21/h3,6-7,12-13,19-20H,2,4-5,8-11,14-18H2,1H3,(H,25,30). The molecule has 11 heteroatoms. The highest BCUT2D eigenvalue weighted by atomic mass is 32.2. The number of thioether (sulfide) groups is 1. The molecule has 1 saturated carbocycles. The largest absolute Gasteiger partial charge is 0.383 e. The molecule has 1 aromatic carbocycles. The number of carbonyl (C=O) groups is 1. The fraction of sp³-hybridized carbons (Fsp3) is 0.625. The number of piperidine rings is 1. The first kappa shape index (κ1) is 26.1. The summed E-state index contributed by atoms with van der Waals surface area (Å²) in [5, 5.41) is 12.7. The van der Waals surface area contributed by atoms with E-state index in [1.165, 1.54) is 31.0 Å². The minimum Gasteiger partial charge on any atom is -0.383 e. The normalized spacial score (nSPS) is 20.1. The summed E-state index contributed by atoms with van der Waals surface area (Å²) < 4.78 is 35.2. The fourth-order valence-corrected chi connectivity index (χ4v) is 7.19. The Balaban J connectivity index is 1.45. The first-order chi connectivity index (χ1) is 17.0. The number of methoxy groups -OCH3 is 1. The number of hydrogen-bond acceptors (Lipinski definition) is 7. The molecule has 4 rings (SSSR count). The number of amides is 1. The zero-order chi connectivity index (χ0) is 24.7. The second-order valence-corrected chi connectivity index (χ2v) is 12.1. The van der Waals surface area contributed by atoms with Gasteiger partial charge in [-0.2, -0.15) is 4.31 Å². The van der Waals surface area contributed by atoms with Gasteiger partial charge in [0.25, 0.3) is 0 Å². The number of nitrogens with zero attached hydrogens (tertiary/aromatic N) is 4. The number of ether oxygens (including phenoxy) is 1. The number of sulfonamides is 1. The zero-order valence-electron chi connectivity index (χ0n) is 20.3. The van der Waals surface area contributed by atoms with Gasteiger partial charge in [0.05, 0.1) is 17.3 Å². The molecule has 2 aliphatic rings. The SMILES string of the molecule is COCCn1c(SCC(=O)NC2CCCCC2)nnc1C1CCCN(S(=O)(=O)c2ccccc2)C1. The van der Waals surface area contributed by atoms with Crippen molar-refractivity contribution in [1.82, 2.24) is 24.4 Å². The van der Waals surface area contributed by atoms with Gasteiger partial charge in [-0.15, -0.1) is 10.2 Å². The van der Waals surface area contributed by atoms with Crippen LogP contribution in [0.2, 0.25) is 0 Å². The number of nitrogens with one attached hydrogen (secondary N) is 1. The van der Waals surface area contributed by atoms with Gasteiger partial charge in [-0.05, 0) is 37.8 Å². The lowest BCUT2D eigenvalue weighted by molar-refractivity contribution is -0.119. The minimum absolute atomic E-state index is 0.0162. The number of hydrogen-bond donors (Lipinski definition) is 1. The van der Waals surface area contributed by atoms with E-state index in [9.17, 15) is 13.2 Å². The van der Waals surface area contributed by atoms with Gasteiger partial charge < -0.3 is 14.6 Å². The van der Waals surface area contributed by atoms with E-state index in [1.54, 1.807) is 35.7 Å². The monoisotopic (exact) mass is 521 g/mol. The van der Waals surface area contributed by atoms with E-state index in [1.807, 2.05) is 10.6 Å². The second-order valence-electron chi connectivity index (χ2n) is 9.19.